The molecule has 0 aliphatic heterocycles. The molecule has 0 radical (unpaired) electrons. The van der Waals surface area contributed by atoms with Gasteiger partial charge in [0.1, 0.15) is 22.0 Å². The van der Waals surface area contributed by atoms with Gasteiger partial charge in [0.05, 0.1) is 0 Å². The summed E-state index contributed by atoms with van der Waals surface area (Å²) in [5.74, 6) is 1.30. The van der Waals surface area contributed by atoms with Crippen LogP contribution in [0, 0.1) is 0 Å². The zero-order valence-electron chi connectivity index (χ0n) is 12.4. The summed E-state index contributed by atoms with van der Waals surface area (Å²) in [7, 11) is -3.88. The molecule has 4 rings (SSSR count). The summed E-state index contributed by atoms with van der Waals surface area (Å²) in [6.45, 7) is 0. The molecule has 1 aliphatic rings. The van der Waals surface area contributed by atoms with Crippen molar-refractivity contribution in [3.05, 3.63) is 54.0 Å². The second kappa shape index (κ2) is 5.38. The molecular weight excluding hydrogens is 314 g/mol. The van der Waals surface area contributed by atoms with Crippen LogP contribution in [0.25, 0.3) is 11.0 Å². The number of hydrogen-bond donors (Lipinski definition) is 0. The van der Waals surface area contributed by atoms with Crippen molar-refractivity contribution in [2.45, 2.75) is 30.6 Å². The molecule has 0 spiro atoms. The first-order valence-electron chi connectivity index (χ1n) is 7.52. The highest BCUT2D eigenvalue weighted by molar-refractivity contribution is 7.87. The second-order valence-corrected chi connectivity index (χ2v) is 7.14. The summed E-state index contributed by atoms with van der Waals surface area (Å²) >= 11 is 0. The van der Waals surface area contributed by atoms with Crippen LogP contribution in [0.5, 0.6) is 5.75 Å². The van der Waals surface area contributed by atoms with E-state index >= 15 is 0 Å². The van der Waals surface area contributed by atoms with Crippen LogP contribution in [0.15, 0.2) is 52.0 Å². The van der Waals surface area contributed by atoms with Crippen LogP contribution in [0.3, 0.4) is 0 Å². The van der Waals surface area contributed by atoms with Gasteiger partial charge in [0, 0.05) is 29.8 Å². The average Bonchev–Trinajstić information content (AvgIpc) is 2.93. The molecule has 5 nitrogen and oxygen atoms in total. The Balaban J connectivity index is 1.72. The molecule has 0 atom stereocenters. The fourth-order valence-electron chi connectivity index (χ4n) is 2.96. The second-order valence-electron chi connectivity index (χ2n) is 5.60. The fourth-order valence-corrected chi connectivity index (χ4v) is 3.85. The molecule has 0 bridgehead atoms. The number of aromatic nitrogens is 1. The zero-order chi connectivity index (χ0) is 15.9. The lowest BCUT2D eigenvalue weighted by atomic mass is 9.96. The summed E-state index contributed by atoms with van der Waals surface area (Å²) in [6, 6.07) is 8.15. The lowest BCUT2D eigenvalue weighted by Gasteiger charge is -2.09. The Labute approximate surface area is 134 Å². The summed E-state index contributed by atoms with van der Waals surface area (Å²) < 4.78 is 35.7. The SMILES string of the molecule is O=S(=O)(Oc1ccc2oc3c(c2c1)CCCC3)c1cccnc1. The van der Waals surface area contributed by atoms with Gasteiger partial charge in [-0.25, -0.2) is 0 Å². The molecule has 23 heavy (non-hydrogen) atoms. The van der Waals surface area contributed by atoms with Crippen LogP contribution in [0.1, 0.15) is 24.2 Å². The standard InChI is InChI=1S/C17H15NO4S/c19-23(20,13-4-3-9-18-11-13)22-12-7-8-17-15(10-12)14-5-1-2-6-16(14)21-17/h3-4,7-11H,1-2,5-6H2. The fraction of sp³-hybridized carbons (Fsp3) is 0.235. The maximum atomic E-state index is 12.3. The number of furan rings is 1. The summed E-state index contributed by atoms with van der Waals surface area (Å²) in [5.41, 5.74) is 1.96. The molecule has 2 heterocycles. The van der Waals surface area contributed by atoms with Gasteiger partial charge in [-0.05, 0) is 49.6 Å². The molecule has 0 saturated heterocycles. The monoisotopic (exact) mass is 329 g/mol. The van der Waals surface area contributed by atoms with E-state index in [4.69, 9.17) is 8.60 Å². The minimum Gasteiger partial charge on any atom is -0.461 e. The van der Waals surface area contributed by atoms with Crippen molar-refractivity contribution in [1.29, 1.82) is 0 Å². The number of hydrogen-bond acceptors (Lipinski definition) is 5. The van der Waals surface area contributed by atoms with E-state index in [0.717, 1.165) is 42.4 Å². The summed E-state index contributed by atoms with van der Waals surface area (Å²) in [5, 5.41) is 0.943. The minimum absolute atomic E-state index is 0.0364. The molecule has 2 aromatic heterocycles. The third-order valence-corrected chi connectivity index (χ3v) is 5.29. The van der Waals surface area contributed by atoms with Gasteiger partial charge in [0.25, 0.3) is 0 Å². The maximum absolute atomic E-state index is 12.3. The number of rotatable bonds is 3. The average molecular weight is 329 g/mol. The van der Waals surface area contributed by atoms with Crippen molar-refractivity contribution in [3.8, 4) is 5.75 Å². The molecule has 3 aromatic rings. The number of pyridine rings is 1. The van der Waals surface area contributed by atoms with Crippen molar-refractivity contribution < 1.29 is 17.0 Å². The van der Waals surface area contributed by atoms with Crippen LogP contribution >= 0.6 is 0 Å². The molecule has 6 heteroatoms. The van der Waals surface area contributed by atoms with Gasteiger partial charge in [-0.15, -0.1) is 0 Å². The Morgan fingerprint density at radius 1 is 1.13 bits per heavy atom. The van der Waals surface area contributed by atoms with E-state index in [1.54, 1.807) is 24.3 Å². The van der Waals surface area contributed by atoms with Crippen LogP contribution in [-0.2, 0) is 23.0 Å². The van der Waals surface area contributed by atoms with Crippen molar-refractivity contribution >= 4 is 21.1 Å². The van der Waals surface area contributed by atoms with Gasteiger partial charge < -0.3 is 8.60 Å². The third kappa shape index (κ3) is 2.59. The highest BCUT2D eigenvalue weighted by Crippen LogP contribution is 2.34. The van der Waals surface area contributed by atoms with Crippen LogP contribution in [0.4, 0.5) is 0 Å². The van der Waals surface area contributed by atoms with Crippen LogP contribution in [-0.4, -0.2) is 13.4 Å². The quantitative estimate of drug-likeness (QED) is 0.688. The van der Waals surface area contributed by atoms with Crippen molar-refractivity contribution in [3.63, 3.8) is 0 Å². The van der Waals surface area contributed by atoms with E-state index in [1.165, 1.54) is 24.0 Å². The van der Waals surface area contributed by atoms with Crippen molar-refractivity contribution in [2.75, 3.05) is 0 Å². The largest absolute Gasteiger partial charge is 0.461 e. The lowest BCUT2D eigenvalue weighted by Crippen LogP contribution is -2.09. The first-order valence-corrected chi connectivity index (χ1v) is 8.93. The zero-order valence-corrected chi connectivity index (χ0v) is 13.2. The Morgan fingerprint density at radius 2 is 2.00 bits per heavy atom. The predicted octanol–water partition coefficient (Wildman–Crippen LogP) is 3.47. The molecule has 0 unspecified atom stereocenters. The smallest absolute Gasteiger partial charge is 0.340 e. The van der Waals surface area contributed by atoms with Crippen molar-refractivity contribution in [1.82, 2.24) is 4.98 Å². The lowest BCUT2D eigenvalue weighted by molar-refractivity contribution is 0.485. The van der Waals surface area contributed by atoms with Crippen LogP contribution < -0.4 is 4.18 Å². The first-order chi connectivity index (χ1) is 11.1. The highest BCUT2D eigenvalue weighted by Gasteiger charge is 2.20. The predicted molar refractivity (Wildman–Crippen MR) is 84.9 cm³/mol. The molecule has 118 valence electrons. The van der Waals surface area contributed by atoms with Crippen molar-refractivity contribution in [2.24, 2.45) is 0 Å². The Kier molecular flexibility index (Phi) is 3.34. The summed E-state index contributed by atoms with van der Waals surface area (Å²) in [6.07, 6.45) is 6.94. The molecule has 0 saturated carbocycles. The molecule has 1 aromatic carbocycles. The van der Waals surface area contributed by atoms with Gasteiger partial charge in [-0.2, -0.15) is 8.42 Å². The van der Waals surface area contributed by atoms with E-state index in [0.29, 0.717) is 0 Å². The number of fused-ring (bicyclic) bond motifs is 3. The molecule has 0 amide bonds. The van der Waals surface area contributed by atoms with Gasteiger partial charge in [-0.1, -0.05) is 0 Å². The maximum Gasteiger partial charge on any atom is 0.340 e. The number of aryl methyl sites for hydroxylation is 2. The Morgan fingerprint density at radius 3 is 2.83 bits per heavy atom. The Bertz CT molecular complexity index is 961. The van der Waals surface area contributed by atoms with Crippen LogP contribution in [0.2, 0.25) is 0 Å². The molecule has 0 fully saturated rings. The highest BCUT2D eigenvalue weighted by atomic mass is 32.2. The van der Waals surface area contributed by atoms with E-state index < -0.39 is 10.1 Å². The van der Waals surface area contributed by atoms with Gasteiger partial charge in [0.2, 0.25) is 0 Å². The first kappa shape index (κ1) is 14.3. The van der Waals surface area contributed by atoms with E-state index in [9.17, 15) is 8.42 Å². The molecular formula is C17H15NO4S. The number of nitrogens with zero attached hydrogens (tertiary/aromatic N) is 1. The molecule has 0 N–H and O–H groups in total. The topological polar surface area (TPSA) is 69.4 Å². The number of benzene rings is 1. The van der Waals surface area contributed by atoms with E-state index in [1.807, 2.05) is 0 Å². The van der Waals surface area contributed by atoms with Gasteiger partial charge in [0.15, 0.2) is 0 Å². The Hall–Kier alpha value is -2.34. The third-order valence-electron chi connectivity index (χ3n) is 4.06. The van der Waals surface area contributed by atoms with E-state index in [-0.39, 0.29) is 10.6 Å². The minimum atomic E-state index is -3.88. The van der Waals surface area contributed by atoms with Gasteiger partial charge >= 0.3 is 10.1 Å². The summed E-state index contributed by atoms with van der Waals surface area (Å²) in [4.78, 5) is 3.85. The molecule has 1 aliphatic carbocycles. The van der Waals surface area contributed by atoms with E-state index in [2.05, 4.69) is 4.98 Å². The normalized spacial score (nSPS) is 14.6. The van der Waals surface area contributed by atoms with Gasteiger partial charge in [-0.3, -0.25) is 4.98 Å².